The fourth-order valence-corrected chi connectivity index (χ4v) is 4.14. The molecule has 8 nitrogen and oxygen atoms in total. The zero-order valence-electron chi connectivity index (χ0n) is 13.8. The van der Waals surface area contributed by atoms with E-state index in [4.69, 9.17) is 4.74 Å². The maximum atomic E-state index is 12.5. The van der Waals surface area contributed by atoms with Crippen molar-refractivity contribution in [1.29, 1.82) is 0 Å². The Morgan fingerprint density at radius 1 is 1.12 bits per heavy atom. The second-order valence-electron chi connectivity index (χ2n) is 5.96. The number of pyridine rings is 1. The van der Waals surface area contributed by atoms with E-state index in [1.165, 1.54) is 10.5 Å². The maximum Gasteiger partial charge on any atom is 0.244 e. The molecule has 0 radical (unpaired) electrons. The number of para-hydroxylation sites is 1. The Balaban J connectivity index is 1.35. The van der Waals surface area contributed by atoms with Crippen LogP contribution in [0.2, 0.25) is 0 Å². The van der Waals surface area contributed by atoms with Crippen molar-refractivity contribution in [3.05, 3.63) is 66.7 Å². The Morgan fingerprint density at radius 3 is 2.65 bits per heavy atom. The van der Waals surface area contributed by atoms with Crippen LogP contribution in [0, 0.1) is 0 Å². The van der Waals surface area contributed by atoms with Crippen molar-refractivity contribution in [3.8, 4) is 5.75 Å². The molecule has 3 heterocycles. The van der Waals surface area contributed by atoms with Crippen molar-refractivity contribution < 1.29 is 13.2 Å². The van der Waals surface area contributed by atoms with Gasteiger partial charge in [-0.3, -0.25) is 4.98 Å². The lowest BCUT2D eigenvalue weighted by Crippen LogP contribution is -2.50. The second-order valence-corrected chi connectivity index (χ2v) is 7.89. The van der Waals surface area contributed by atoms with E-state index in [0.29, 0.717) is 25.4 Å². The van der Waals surface area contributed by atoms with Crippen LogP contribution in [0.4, 0.5) is 0 Å². The zero-order valence-corrected chi connectivity index (χ0v) is 14.7. The van der Waals surface area contributed by atoms with Crippen LogP contribution in [0.25, 0.3) is 0 Å². The van der Waals surface area contributed by atoms with Crippen LogP contribution in [0.1, 0.15) is 11.7 Å². The minimum Gasteiger partial charge on any atom is -0.487 e. The van der Waals surface area contributed by atoms with Gasteiger partial charge in [0.1, 0.15) is 22.9 Å². The Hall–Kier alpha value is -2.78. The molecule has 1 aliphatic rings. The zero-order chi connectivity index (χ0) is 18.0. The minimum absolute atomic E-state index is 0.0283. The molecule has 0 amide bonds. The molecule has 0 spiro atoms. The monoisotopic (exact) mass is 371 g/mol. The summed E-state index contributed by atoms with van der Waals surface area (Å²) in [4.78, 5) is 4.07. The summed E-state index contributed by atoms with van der Waals surface area (Å²) in [5.74, 6) is 0.763. The van der Waals surface area contributed by atoms with Crippen LogP contribution < -0.4 is 4.74 Å². The summed E-state index contributed by atoms with van der Waals surface area (Å²) < 4.78 is 33.7. The molecule has 3 aromatic rings. The summed E-state index contributed by atoms with van der Waals surface area (Å²) in [6.45, 7) is 1.04. The fourth-order valence-electron chi connectivity index (χ4n) is 2.66. The van der Waals surface area contributed by atoms with E-state index >= 15 is 0 Å². The van der Waals surface area contributed by atoms with Gasteiger partial charge in [0.05, 0.1) is 12.2 Å². The lowest BCUT2D eigenvalue weighted by atomic mass is 10.2. The number of benzene rings is 1. The molecule has 2 aromatic heterocycles. The molecule has 0 atom stereocenters. The predicted molar refractivity (Wildman–Crippen MR) is 92.8 cm³/mol. The second kappa shape index (κ2) is 6.85. The van der Waals surface area contributed by atoms with Gasteiger partial charge in [0.25, 0.3) is 0 Å². The average molecular weight is 371 g/mol. The third-order valence-electron chi connectivity index (χ3n) is 4.16. The van der Waals surface area contributed by atoms with Crippen molar-refractivity contribution in [2.45, 2.75) is 17.5 Å². The fraction of sp³-hybridized carbons (Fsp3) is 0.235. The summed E-state index contributed by atoms with van der Waals surface area (Å²) in [6, 6.07) is 12.6. The van der Waals surface area contributed by atoms with Gasteiger partial charge in [0.15, 0.2) is 0 Å². The number of ether oxygens (including phenoxy) is 1. The Kier molecular flexibility index (Phi) is 4.39. The molecule has 1 aromatic carbocycles. The summed E-state index contributed by atoms with van der Waals surface area (Å²) in [5.41, 5.74) is 0.697. The molecule has 9 heteroatoms. The van der Waals surface area contributed by atoms with Crippen LogP contribution in [0.5, 0.6) is 5.75 Å². The highest BCUT2D eigenvalue weighted by Crippen LogP contribution is 2.27. The summed E-state index contributed by atoms with van der Waals surface area (Å²) in [6.07, 6.45) is 4.70. The molecule has 1 fully saturated rings. The van der Waals surface area contributed by atoms with Crippen LogP contribution in [0.15, 0.2) is 66.0 Å². The van der Waals surface area contributed by atoms with Gasteiger partial charge in [-0.1, -0.05) is 23.4 Å². The number of hydrogen-bond donors (Lipinski definition) is 0. The highest BCUT2D eigenvalue weighted by Gasteiger charge is 2.38. The smallest absolute Gasteiger partial charge is 0.244 e. The van der Waals surface area contributed by atoms with Gasteiger partial charge in [-0.2, -0.15) is 4.31 Å². The van der Waals surface area contributed by atoms with Gasteiger partial charge >= 0.3 is 0 Å². The van der Waals surface area contributed by atoms with Gasteiger partial charge in [0.2, 0.25) is 10.0 Å². The van der Waals surface area contributed by atoms with Crippen molar-refractivity contribution in [3.63, 3.8) is 0 Å². The van der Waals surface area contributed by atoms with Crippen LogP contribution in [0.3, 0.4) is 0 Å². The van der Waals surface area contributed by atoms with Gasteiger partial charge in [-0.25, -0.2) is 13.1 Å². The molecule has 1 aliphatic heterocycles. The largest absolute Gasteiger partial charge is 0.487 e. The topological polar surface area (TPSA) is 90.2 Å². The van der Waals surface area contributed by atoms with Crippen molar-refractivity contribution in [2.75, 3.05) is 13.1 Å². The summed E-state index contributed by atoms with van der Waals surface area (Å²) >= 11 is 0. The molecule has 4 rings (SSSR count). The third-order valence-corrected chi connectivity index (χ3v) is 5.98. The highest BCUT2D eigenvalue weighted by molar-refractivity contribution is 7.89. The van der Waals surface area contributed by atoms with Gasteiger partial charge in [-0.05, 0) is 24.3 Å². The van der Waals surface area contributed by atoms with E-state index in [-0.39, 0.29) is 10.9 Å². The minimum atomic E-state index is -3.50. The Bertz CT molecular complexity index is 970. The quantitative estimate of drug-likeness (QED) is 0.652. The number of hydrogen-bond acceptors (Lipinski definition) is 6. The maximum absolute atomic E-state index is 12.5. The van der Waals surface area contributed by atoms with E-state index in [9.17, 15) is 8.42 Å². The lowest BCUT2D eigenvalue weighted by molar-refractivity contribution is 0.188. The predicted octanol–water partition coefficient (Wildman–Crippen LogP) is 1.50. The first-order valence-corrected chi connectivity index (χ1v) is 9.56. The van der Waals surface area contributed by atoms with Gasteiger partial charge in [0, 0.05) is 25.5 Å². The number of nitrogens with zero attached hydrogens (tertiary/aromatic N) is 5. The SMILES string of the molecule is O=S(=O)(c1cccnc1)N1CC(n2cc(COc3ccccc3)nn2)C1. The van der Waals surface area contributed by atoms with Crippen LogP contribution >= 0.6 is 0 Å². The standard InChI is InChI=1S/C17H17N5O3S/c23-26(24,17-7-4-8-18-9-17)21-11-15(12-21)22-10-14(19-20-22)13-25-16-5-2-1-3-6-16/h1-10,15H,11-13H2. The number of sulfonamides is 1. The molecule has 0 saturated carbocycles. The molecule has 1 saturated heterocycles. The van der Waals surface area contributed by atoms with E-state index in [1.54, 1.807) is 29.2 Å². The molecule has 26 heavy (non-hydrogen) atoms. The van der Waals surface area contributed by atoms with Gasteiger partial charge < -0.3 is 4.74 Å². The molecule has 134 valence electrons. The van der Waals surface area contributed by atoms with E-state index in [0.717, 1.165) is 5.75 Å². The van der Waals surface area contributed by atoms with Crippen LogP contribution in [-0.4, -0.2) is 45.8 Å². The molecule has 0 bridgehead atoms. The average Bonchev–Trinajstić information content (AvgIpc) is 3.09. The molecule has 0 N–H and O–H groups in total. The summed E-state index contributed by atoms with van der Waals surface area (Å²) in [5, 5.41) is 8.18. The number of aromatic nitrogens is 4. The summed E-state index contributed by atoms with van der Waals surface area (Å²) in [7, 11) is -3.50. The third kappa shape index (κ3) is 3.31. The molecular weight excluding hydrogens is 354 g/mol. The van der Waals surface area contributed by atoms with Gasteiger partial charge in [-0.15, -0.1) is 5.10 Å². The molecule has 0 aliphatic carbocycles. The highest BCUT2D eigenvalue weighted by atomic mass is 32.2. The van der Waals surface area contributed by atoms with Crippen molar-refractivity contribution >= 4 is 10.0 Å². The lowest BCUT2D eigenvalue weighted by Gasteiger charge is -2.37. The Labute approximate surface area is 151 Å². The number of rotatable bonds is 6. The molecular formula is C17H17N5O3S. The van der Waals surface area contributed by atoms with Crippen molar-refractivity contribution in [2.24, 2.45) is 0 Å². The van der Waals surface area contributed by atoms with E-state index < -0.39 is 10.0 Å². The first-order valence-electron chi connectivity index (χ1n) is 8.12. The first-order chi connectivity index (χ1) is 12.6. The van der Waals surface area contributed by atoms with E-state index in [1.807, 2.05) is 30.3 Å². The van der Waals surface area contributed by atoms with Crippen molar-refractivity contribution in [1.82, 2.24) is 24.3 Å². The van der Waals surface area contributed by atoms with E-state index in [2.05, 4.69) is 15.3 Å². The Morgan fingerprint density at radius 2 is 1.92 bits per heavy atom. The normalized spacial score (nSPS) is 15.5. The molecule has 0 unspecified atom stereocenters. The first kappa shape index (κ1) is 16.7. The van der Waals surface area contributed by atoms with Crippen LogP contribution in [-0.2, 0) is 16.6 Å².